The van der Waals surface area contributed by atoms with Gasteiger partial charge in [0.2, 0.25) is 0 Å². The van der Waals surface area contributed by atoms with Crippen molar-refractivity contribution in [3.8, 4) is 11.4 Å². The second kappa shape index (κ2) is 3.55. The summed E-state index contributed by atoms with van der Waals surface area (Å²) in [6.45, 7) is 1.91. The van der Waals surface area contributed by atoms with Crippen LogP contribution >= 0.6 is 0 Å². The lowest BCUT2D eigenvalue weighted by Crippen LogP contribution is -2.01. The summed E-state index contributed by atoms with van der Waals surface area (Å²) in [6.07, 6.45) is 1.74. The van der Waals surface area contributed by atoms with E-state index in [1.165, 1.54) is 0 Å². The molecule has 0 spiro atoms. The Balaban J connectivity index is 2.25. The number of nitrogens with two attached hydrogens (primary N) is 1. The van der Waals surface area contributed by atoms with Crippen LogP contribution in [0.15, 0.2) is 36.5 Å². The number of hydrogen-bond acceptors (Lipinski definition) is 4. The molecule has 3 aromatic rings. The molecule has 0 aromatic carbocycles. The molecule has 5 heteroatoms. The number of anilines is 1. The number of nitrogens with zero attached hydrogens (tertiary/aromatic N) is 4. The number of pyridine rings is 1. The van der Waals surface area contributed by atoms with E-state index in [2.05, 4.69) is 15.1 Å². The minimum atomic E-state index is 0.559. The summed E-state index contributed by atoms with van der Waals surface area (Å²) in [5.41, 5.74) is 9.14. The normalized spacial score (nSPS) is 10.9. The van der Waals surface area contributed by atoms with Crippen molar-refractivity contribution in [1.29, 1.82) is 0 Å². The zero-order chi connectivity index (χ0) is 11.8. The number of hydrogen-bond donors (Lipinski definition) is 1. The monoisotopic (exact) mass is 225 g/mol. The molecule has 0 radical (unpaired) electrons. The van der Waals surface area contributed by atoms with Gasteiger partial charge >= 0.3 is 0 Å². The Labute approximate surface area is 97.9 Å². The first kappa shape index (κ1) is 9.77. The van der Waals surface area contributed by atoms with Crippen LogP contribution in [0.1, 0.15) is 5.69 Å². The fourth-order valence-corrected chi connectivity index (χ4v) is 1.76. The van der Waals surface area contributed by atoms with Crippen molar-refractivity contribution < 1.29 is 0 Å². The van der Waals surface area contributed by atoms with Gasteiger partial charge in [-0.25, -0.2) is 4.98 Å². The average molecular weight is 225 g/mol. The average Bonchev–Trinajstić information content (AvgIpc) is 2.71. The summed E-state index contributed by atoms with van der Waals surface area (Å²) in [4.78, 5) is 8.74. The molecule has 17 heavy (non-hydrogen) atoms. The topological polar surface area (TPSA) is 69.1 Å². The summed E-state index contributed by atoms with van der Waals surface area (Å²) in [7, 11) is 0. The summed E-state index contributed by atoms with van der Waals surface area (Å²) >= 11 is 0. The van der Waals surface area contributed by atoms with Gasteiger partial charge in [-0.1, -0.05) is 6.07 Å². The predicted molar refractivity (Wildman–Crippen MR) is 65.4 cm³/mol. The fourth-order valence-electron chi connectivity index (χ4n) is 1.76. The van der Waals surface area contributed by atoms with Crippen molar-refractivity contribution >= 4 is 11.5 Å². The summed E-state index contributed by atoms with van der Waals surface area (Å²) in [5.74, 6) is 0.559. The van der Waals surface area contributed by atoms with Crippen LogP contribution in [0.25, 0.3) is 17.0 Å². The van der Waals surface area contributed by atoms with Crippen LogP contribution in [0, 0.1) is 6.92 Å². The SMILES string of the molecule is Cc1cc2nc(-c3ccccn3)cc(N)n2n1. The molecule has 0 saturated carbocycles. The van der Waals surface area contributed by atoms with Gasteiger partial charge in [0.1, 0.15) is 5.82 Å². The van der Waals surface area contributed by atoms with Crippen LogP contribution < -0.4 is 5.73 Å². The first-order chi connectivity index (χ1) is 8.24. The van der Waals surface area contributed by atoms with Crippen molar-refractivity contribution in [3.63, 3.8) is 0 Å². The quantitative estimate of drug-likeness (QED) is 0.684. The Morgan fingerprint density at radius 2 is 2.06 bits per heavy atom. The summed E-state index contributed by atoms with van der Waals surface area (Å²) < 4.78 is 1.63. The van der Waals surface area contributed by atoms with Crippen LogP contribution in [-0.2, 0) is 0 Å². The molecule has 84 valence electrons. The van der Waals surface area contributed by atoms with Crippen molar-refractivity contribution in [2.24, 2.45) is 0 Å². The zero-order valence-corrected chi connectivity index (χ0v) is 9.33. The van der Waals surface area contributed by atoms with Gasteiger partial charge in [-0.15, -0.1) is 0 Å². The van der Waals surface area contributed by atoms with E-state index in [9.17, 15) is 0 Å². The highest BCUT2D eigenvalue weighted by molar-refractivity contribution is 5.62. The highest BCUT2D eigenvalue weighted by Crippen LogP contribution is 2.18. The Morgan fingerprint density at radius 3 is 2.82 bits per heavy atom. The fraction of sp³-hybridized carbons (Fsp3) is 0.0833. The standard InChI is InChI=1S/C12H11N5/c1-8-6-12-15-10(7-11(13)17(12)16-8)9-4-2-3-5-14-9/h2-7H,13H2,1H3. The van der Waals surface area contributed by atoms with Crippen molar-refractivity contribution in [2.75, 3.05) is 5.73 Å². The maximum atomic E-state index is 5.94. The Kier molecular flexibility index (Phi) is 2.04. The molecule has 3 aromatic heterocycles. The molecule has 0 amide bonds. The van der Waals surface area contributed by atoms with E-state index in [4.69, 9.17) is 5.73 Å². The number of aryl methyl sites for hydroxylation is 1. The van der Waals surface area contributed by atoms with Gasteiger partial charge in [0, 0.05) is 18.3 Å². The molecule has 0 atom stereocenters. The van der Waals surface area contributed by atoms with Crippen molar-refractivity contribution in [1.82, 2.24) is 19.6 Å². The molecule has 0 aliphatic heterocycles. The van der Waals surface area contributed by atoms with Gasteiger partial charge in [0.05, 0.1) is 17.1 Å². The third-order valence-electron chi connectivity index (χ3n) is 2.50. The van der Waals surface area contributed by atoms with Crippen molar-refractivity contribution in [3.05, 3.63) is 42.2 Å². The molecule has 0 bridgehead atoms. The smallest absolute Gasteiger partial charge is 0.158 e. The highest BCUT2D eigenvalue weighted by atomic mass is 15.3. The molecule has 3 rings (SSSR count). The number of fused-ring (bicyclic) bond motifs is 1. The van der Waals surface area contributed by atoms with E-state index < -0.39 is 0 Å². The maximum Gasteiger partial charge on any atom is 0.158 e. The second-order valence-electron chi connectivity index (χ2n) is 3.84. The van der Waals surface area contributed by atoms with Gasteiger partial charge in [0.25, 0.3) is 0 Å². The third-order valence-corrected chi connectivity index (χ3v) is 2.50. The van der Waals surface area contributed by atoms with E-state index in [0.29, 0.717) is 5.82 Å². The third kappa shape index (κ3) is 1.61. The van der Waals surface area contributed by atoms with E-state index in [1.54, 1.807) is 16.8 Å². The molecular formula is C12H11N5. The van der Waals surface area contributed by atoms with Gasteiger partial charge in [-0.3, -0.25) is 4.98 Å². The first-order valence-corrected chi connectivity index (χ1v) is 5.28. The predicted octanol–water partition coefficient (Wildman–Crippen LogP) is 1.68. The van der Waals surface area contributed by atoms with E-state index >= 15 is 0 Å². The zero-order valence-electron chi connectivity index (χ0n) is 9.33. The minimum Gasteiger partial charge on any atom is -0.384 e. The first-order valence-electron chi connectivity index (χ1n) is 5.28. The second-order valence-corrected chi connectivity index (χ2v) is 3.84. The highest BCUT2D eigenvalue weighted by Gasteiger charge is 2.07. The summed E-state index contributed by atoms with van der Waals surface area (Å²) in [6, 6.07) is 9.37. The van der Waals surface area contributed by atoms with Gasteiger partial charge in [0.15, 0.2) is 5.65 Å². The van der Waals surface area contributed by atoms with Crippen LogP contribution in [0.5, 0.6) is 0 Å². The molecule has 3 heterocycles. The minimum absolute atomic E-state index is 0.559. The van der Waals surface area contributed by atoms with Crippen LogP contribution in [0.3, 0.4) is 0 Å². The molecule has 2 N–H and O–H groups in total. The van der Waals surface area contributed by atoms with Crippen molar-refractivity contribution in [2.45, 2.75) is 6.92 Å². The lowest BCUT2D eigenvalue weighted by Gasteiger charge is -2.03. The Hall–Kier alpha value is -2.43. The molecule has 0 aliphatic carbocycles. The maximum absolute atomic E-state index is 5.94. The summed E-state index contributed by atoms with van der Waals surface area (Å²) in [5, 5.41) is 4.26. The van der Waals surface area contributed by atoms with Gasteiger partial charge in [-0.2, -0.15) is 9.61 Å². The molecule has 0 fully saturated rings. The van der Waals surface area contributed by atoms with E-state index in [0.717, 1.165) is 22.7 Å². The molecular weight excluding hydrogens is 214 g/mol. The number of nitrogen functional groups attached to an aromatic ring is 1. The number of aromatic nitrogens is 4. The van der Waals surface area contributed by atoms with Crippen LogP contribution in [0.2, 0.25) is 0 Å². The Bertz CT molecular complexity index is 672. The lowest BCUT2D eigenvalue weighted by atomic mass is 10.2. The van der Waals surface area contributed by atoms with Crippen LogP contribution in [0.4, 0.5) is 5.82 Å². The van der Waals surface area contributed by atoms with Crippen LogP contribution in [-0.4, -0.2) is 19.6 Å². The molecule has 0 saturated heterocycles. The van der Waals surface area contributed by atoms with Gasteiger partial charge < -0.3 is 5.73 Å². The van der Waals surface area contributed by atoms with E-state index in [-0.39, 0.29) is 0 Å². The number of rotatable bonds is 1. The lowest BCUT2D eigenvalue weighted by molar-refractivity contribution is 0.929. The molecule has 0 unspecified atom stereocenters. The largest absolute Gasteiger partial charge is 0.384 e. The Morgan fingerprint density at radius 1 is 1.18 bits per heavy atom. The van der Waals surface area contributed by atoms with Gasteiger partial charge in [-0.05, 0) is 19.1 Å². The molecule has 0 aliphatic rings. The van der Waals surface area contributed by atoms with E-state index in [1.807, 2.05) is 31.2 Å². The molecule has 5 nitrogen and oxygen atoms in total.